The van der Waals surface area contributed by atoms with E-state index in [2.05, 4.69) is 322 Å². The average molecular weight is 1270 g/mol. The smallest absolute Gasteiger partial charge is 0.143 e. The van der Waals surface area contributed by atoms with Crippen LogP contribution in [0.1, 0.15) is 44.5 Å². The Hall–Kier alpha value is -13.0. The van der Waals surface area contributed by atoms with E-state index >= 15 is 0 Å². The highest BCUT2D eigenvalue weighted by Gasteiger charge is 2.53. The van der Waals surface area contributed by atoms with Gasteiger partial charge in [0.15, 0.2) is 0 Å². The van der Waals surface area contributed by atoms with Gasteiger partial charge in [0.2, 0.25) is 0 Å². The van der Waals surface area contributed by atoms with Gasteiger partial charge >= 0.3 is 0 Å². The highest BCUT2D eigenvalue weighted by Crippen LogP contribution is 2.65. The van der Waals surface area contributed by atoms with Crippen LogP contribution in [-0.2, 0) is 10.8 Å². The molecule has 23 rings (SSSR count). The molecule has 4 aliphatic rings. The van der Waals surface area contributed by atoms with Gasteiger partial charge in [-0.3, -0.25) is 4.98 Å². The van der Waals surface area contributed by atoms with Gasteiger partial charge < -0.3 is 8.83 Å². The van der Waals surface area contributed by atoms with Crippen LogP contribution in [0.2, 0.25) is 0 Å². The molecule has 0 saturated carbocycles. The molecule has 0 aliphatic heterocycles. The van der Waals surface area contributed by atoms with Crippen LogP contribution < -0.4 is 0 Å². The summed E-state index contributed by atoms with van der Waals surface area (Å²) in [5.74, 6) is 0. The van der Waals surface area contributed by atoms with Gasteiger partial charge in [-0.2, -0.15) is 0 Å². The third-order valence-corrected chi connectivity index (χ3v) is 22.9. The van der Waals surface area contributed by atoms with Crippen LogP contribution in [0.15, 0.2) is 337 Å². The van der Waals surface area contributed by atoms with E-state index in [0.717, 1.165) is 132 Å². The zero-order valence-corrected chi connectivity index (χ0v) is 53.9. The van der Waals surface area contributed by atoms with Crippen molar-refractivity contribution in [2.45, 2.75) is 10.8 Å². The first-order valence-corrected chi connectivity index (χ1v) is 34.6. The van der Waals surface area contributed by atoms with E-state index < -0.39 is 10.8 Å². The van der Waals surface area contributed by atoms with Crippen LogP contribution in [-0.4, -0.2) is 9.97 Å². The standard InChI is InChI=1S/C96H54N2O2/c1-3-29-74-64(21-1)65-22-2-4-30-75(65)90-89(74)97-54-88(98-90)59-50-57(62-33-19-37-78-76-35-17-31-60(91(76)99-93(62)78)55-45-47-72-70-27-9-15-43-84(70)95(86(72)52-55)80-39-11-5-23-66(80)67-24-6-12-40-81(67)95)49-58(51-59)63-34-20-38-79-77-36-18-32-61(92(77)100-94(63)79)56-46-48-73-71-28-10-16-44-85(71)96(87(73)53-56)82-41-13-7-25-68(82)69-26-8-14-42-83(69)96/h1-54H. The Labute approximate surface area is 575 Å². The summed E-state index contributed by atoms with van der Waals surface area (Å²) in [6.45, 7) is 0. The first-order valence-electron chi connectivity index (χ1n) is 34.6. The van der Waals surface area contributed by atoms with Crippen LogP contribution >= 0.6 is 0 Å². The number of hydrogen-bond acceptors (Lipinski definition) is 4. The predicted octanol–water partition coefficient (Wildman–Crippen LogP) is 24.8. The van der Waals surface area contributed by atoms with Gasteiger partial charge in [0.1, 0.15) is 22.3 Å². The number of para-hydroxylation sites is 4. The number of benzene rings is 16. The number of hydrogen-bond donors (Lipinski definition) is 0. The van der Waals surface area contributed by atoms with Crippen LogP contribution in [0.4, 0.5) is 0 Å². The van der Waals surface area contributed by atoms with Gasteiger partial charge in [-0.25, -0.2) is 4.98 Å². The third-order valence-electron chi connectivity index (χ3n) is 22.9. The summed E-state index contributed by atoms with van der Waals surface area (Å²) in [4.78, 5) is 11.0. The summed E-state index contributed by atoms with van der Waals surface area (Å²) in [5.41, 5.74) is 34.8. The Morgan fingerprint density at radius 3 is 0.850 bits per heavy atom. The Bertz CT molecular complexity index is 6390. The van der Waals surface area contributed by atoms with E-state index in [-0.39, 0.29) is 0 Å². The van der Waals surface area contributed by atoms with Crippen molar-refractivity contribution in [3.63, 3.8) is 0 Å². The summed E-state index contributed by atoms with van der Waals surface area (Å²) < 4.78 is 15.0. The lowest BCUT2D eigenvalue weighted by Crippen LogP contribution is -2.25. The molecule has 0 atom stereocenters. The van der Waals surface area contributed by atoms with E-state index in [9.17, 15) is 0 Å². The van der Waals surface area contributed by atoms with E-state index in [1.165, 1.54) is 89.0 Å². The zero-order valence-electron chi connectivity index (χ0n) is 53.9. The maximum Gasteiger partial charge on any atom is 0.143 e. The quantitative estimate of drug-likeness (QED) is 0.161. The molecule has 100 heavy (non-hydrogen) atoms. The summed E-state index contributed by atoms with van der Waals surface area (Å²) in [6.07, 6.45) is 1.96. The molecule has 0 radical (unpaired) electrons. The molecule has 4 nitrogen and oxygen atoms in total. The number of fused-ring (bicyclic) bond motifs is 32. The molecule has 0 N–H and O–H groups in total. The molecule has 0 saturated heterocycles. The van der Waals surface area contributed by atoms with Gasteiger partial charge in [-0.1, -0.05) is 291 Å². The minimum Gasteiger partial charge on any atom is -0.455 e. The van der Waals surface area contributed by atoms with Crippen molar-refractivity contribution in [2.75, 3.05) is 0 Å². The number of rotatable bonds is 5. The summed E-state index contributed by atoms with van der Waals surface area (Å²) in [7, 11) is 0. The van der Waals surface area contributed by atoms with E-state index in [1.54, 1.807) is 0 Å². The molecule has 0 bridgehead atoms. The SMILES string of the molecule is c1ccc2c(c1)-c1ccccc1C21c2ccccc2-c2ccc(-c3cccc4c3oc3c(-c5cc(-c6cnc7c8ccccc8c8ccccc8c7n6)cc(-c6cccc7c6oc6c(-c8ccc9c(c8)C8(c%10ccccc%10-c%10ccccc%108)c8ccccc8-9)cccc67)c5)cccc34)cc21. The molecule has 0 amide bonds. The molecule has 3 heterocycles. The van der Waals surface area contributed by atoms with Gasteiger partial charge in [0, 0.05) is 60.1 Å². The van der Waals surface area contributed by atoms with Gasteiger partial charge in [0.25, 0.3) is 0 Å². The fraction of sp³-hybridized carbons (Fsp3) is 0.0208. The fourth-order valence-corrected chi connectivity index (χ4v) is 18.9. The Morgan fingerprint density at radius 1 is 0.200 bits per heavy atom. The van der Waals surface area contributed by atoms with Crippen LogP contribution in [0, 0.1) is 0 Å². The van der Waals surface area contributed by atoms with Crippen molar-refractivity contribution in [2.24, 2.45) is 0 Å². The predicted molar refractivity (Wildman–Crippen MR) is 409 cm³/mol. The zero-order chi connectivity index (χ0) is 65.1. The molecular weight excluding hydrogens is 1210 g/mol. The van der Waals surface area contributed by atoms with Gasteiger partial charge in [-0.15, -0.1) is 0 Å². The van der Waals surface area contributed by atoms with Crippen molar-refractivity contribution in [3.05, 3.63) is 372 Å². The van der Waals surface area contributed by atoms with Gasteiger partial charge in [0.05, 0.1) is 33.8 Å². The van der Waals surface area contributed by atoms with Crippen molar-refractivity contribution >= 4 is 76.5 Å². The van der Waals surface area contributed by atoms with E-state index in [1.807, 2.05) is 6.20 Å². The normalized spacial score (nSPS) is 13.8. The molecule has 0 fully saturated rings. The largest absolute Gasteiger partial charge is 0.455 e. The Balaban J connectivity index is 0.717. The first kappa shape index (κ1) is 54.1. The number of furan rings is 2. The monoisotopic (exact) mass is 1270 g/mol. The minimum atomic E-state index is -0.478. The van der Waals surface area contributed by atoms with Crippen LogP contribution in [0.25, 0.3) is 177 Å². The molecule has 16 aromatic carbocycles. The molecule has 0 unspecified atom stereocenters. The second-order valence-corrected chi connectivity index (χ2v) is 27.6. The number of nitrogens with zero attached hydrogens (tertiary/aromatic N) is 2. The van der Waals surface area contributed by atoms with Crippen molar-refractivity contribution in [1.82, 2.24) is 9.97 Å². The number of aromatic nitrogens is 2. The van der Waals surface area contributed by atoms with E-state index in [0.29, 0.717) is 0 Å². The third kappa shape index (κ3) is 6.93. The maximum absolute atomic E-state index is 7.50. The molecule has 460 valence electrons. The lowest BCUT2D eigenvalue weighted by Gasteiger charge is -2.30. The second kappa shape index (κ2) is 19.8. The molecule has 4 heteroatoms. The molecule has 4 aliphatic carbocycles. The fourth-order valence-electron chi connectivity index (χ4n) is 18.9. The highest BCUT2D eigenvalue weighted by atomic mass is 16.3. The first-order chi connectivity index (χ1) is 49.6. The second-order valence-electron chi connectivity index (χ2n) is 27.6. The van der Waals surface area contributed by atoms with E-state index in [4.69, 9.17) is 18.8 Å². The van der Waals surface area contributed by atoms with Crippen molar-refractivity contribution in [3.8, 4) is 100 Å². The molecule has 2 spiro atoms. The Kier molecular flexibility index (Phi) is 10.7. The summed E-state index contributed by atoms with van der Waals surface area (Å²) in [5, 5.41) is 8.66. The van der Waals surface area contributed by atoms with Crippen molar-refractivity contribution < 1.29 is 8.83 Å². The molecule has 3 aromatic heterocycles. The highest BCUT2D eigenvalue weighted by molar-refractivity contribution is 6.23. The molecule has 19 aromatic rings. The maximum atomic E-state index is 7.50. The lowest BCUT2D eigenvalue weighted by atomic mass is 9.70. The Morgan fingerprint density at radius 2 is 0.480 bits per heavy atom. The lowest BCUT2D eigenvalue weighted by molar-refractivity contribution is 0.671. The van der Waals surface area contributed by atoms with Gasteiger partial charge in [-0.05, 0) is 152 Å². The molecular formula is C96H54N2O2. The average Bonchev–Trinajstić information content (AvgIpc) is 1.51. The topological polar surface area (TPSA) is 52.1 Å². The summed E-state index contributed by atoms with van der Waals surface area (Å²) in [6, 6.07) is 119. The van der Waals surface area contributed by atoms with Crippen molar-refractivity contribution in [1.29, 1.82) is 0 Å². The summed E-state index contributed by atoms with van der Waals surface area (Å²) >= 11 is 0. The van der Waals surface area contributed by atoms with Crippen LogP contribution in [0.5, 0.6) is 0 Å². The van der Waals surface area contributed by atoms with Crippen LogP contribution in [0.3, 0.4) is 0 Å². The minimum absolute atomic E-state index is 0.478.